The third-order valence-electron chi connectivity index (χ3n) is 8.80. The van der Waals surface area contributed by atoms with E-state index < -0.39 is 0 Å². The fourth-order valence-electron chi connectivity index (χ4n) is 6.24. The van der Waals surface area contributed by atoms with Gasteiger partial charge in [-0.1, -0.05) is 65.7 Å². The summed E-state index contributed by atoms with van der Waals surface area (Å²) < 4.78 is 11.2. The van der Waals surface area contributed by atoms with Crippen molar-refractivity contribution in [3.63, 3.8) is 0 Å². The van der Waals surface area contributed by atoms with Crippen LogP contribution in [0.2, 0.25) is 10.0 Å². The van der Waals surface area contributed by atoms with Gasteiger partial charge in [0, 0.05) is 66.5 Å². The normalized spacial score (nSPS) is 19.2. The summed E-state index contributed by atoms with van der Waals surface area (Å²) in [5.41, 5.74) is 5.72. The first-order valence-corrected chi connectivity index (χ1v) is 16.5. The number of hydrogen-bond acceptors (Lipinski definition) is 9. The standard InChI is InChI=1S/C35H38Cl2N6O4/c1-46-34-21(17-38-15-20-14-31(45)41-16-20)12-13-26(42-34)24-8-3-6-22(32(24)36)23-7-4-9-25(33(23)37)28-18-40-29(35(43-28)47-2)19-39-27-10-5-11-30(27)44/h3-4,6-9,12-13,18,20,27,30,38-39,44H,5,10-11,14-17,19H2,1-2H3,(H,41,45)/t20-,27+,30?/m1/s1. The van der Waals surface area contributed by atoms with Crippen molar-refractivity contribution in [2.45, 2.75) is 50.9 Å². The van der Waals surface area contributed by atoms with Gasteiger partial charge in [0.25, 0.3) is 0 Å². The Kier molecular flexibility index (Phi) is 10.5. The molecule has 4 N–H and O–H groups in total. The molecule has 47 heavy (non-hydrogen) atoms. The Hall–Kier alpha value is -3.80. The largest absolute Gasteiger partial charge is 0.481 e. The summed E-state index contributed by atoms with van der Waals surface area (Å²) in [4.78, 5) is 25.6. The van der Waals surface area contributed by atoms with E-state index in [1.54, 1.807) is 20.4 Å². The lowest BCUT2D eigenvalue weighted by molar-refractivity contribution is -0.119. The van der Waals surface area contributed by atoms with Gasteiger partial charge in [-0.3, -0.25) is 9.78 Å². The quantitative estimate of drug-likeness (QED) is 0.155. The van der Waals surface area contributed by atoms with E-state index in [0.29, 0.717) is 70.5 Å². The number of aliphatic hydroxyl groups is 1. The minimum Gasteiger partial charge on any atom is -0.481 e. The zero-order chi connectivity index (χ0) is 32.9. The average molecular weight is 678 g/mol. The van der Waals surface area contributed by atoms with E-state index in [2.05, 4.69) is 20.9 Å². The number of nitrogens with zero attached hydrogens (tertiary/aromatic N) is 3. The van der Waals surface area contributed by atoms with Gasteiger partial charge in [0.15, 0.2) is 0 Å². The average Bonchev–Trinajstić information content (AvgIpc) is 3.70. The van der Waals surface area contributed by atoms with Crippen molar-refractivity contribution in [3.05, 3.63) is 76.0 Å². The summed E-state index contributed by atoms with van der Waals surface area (Å²) >= 11 is 14.1. The van der Waals surface area contributed by atoms with Crippen LogP contribution in [-0.4, -0.2) is 65.4 Å². The van der Waals surface area contributed by atoms with Gasteiger partial charge in [0.1, 0.15) is 5.69 Å². The molecule has 1 saturated heterocycles. The lowest BCUT2D eigenvalue weighted by Gasteiger charge is -2.17. The topological polar surface area (TPSA) is 131 Å². The molecular weight excluding hydrogens is 639 g/mol. The highest BCUT2D eigenvalue weighted by atomic mass is 35.5. The van der Waals surface area contributed by atoms with Gasteiger partial charge >= 0.3 is 0 Å². The highest BCUT2D eigenvalue weighted by Gasteiger charge is 2.26. The van der Waals surface area contributed by atoms with E-state index in [9.17, 15) is 9.90 Å². The maximum absolute atomic E-state index is 11.5. The molecule has 1 amide bonds. The van der Waals surface area contributed by atoms with Crippen molar-refractivity contribution in [1.82, 2.24) is 30.9 Å². The number of rotatable bonds is 12. The number of aromatic nitrogens is 3. The number of carbonyl (C=O) groups excluding carboxylic acids is 1. The van der Waals surface area contributed by atoms with Crippen LogP contribution in [-0.2, 0) is 17.9 Å². The number of benzene rings is 2. The predicted molar refractivity (Wildman–Crippen MR) is 183 cm³/mol. The number of carbonyl (C=O) groups is 1. The molecule has 0 radical (unpaired) electrons. The summed E-state index contributed by atoms with van der Waals surface area (Å²) in [6, 6.07) is 15.4. The SMILES string of the molecule is COc1nc(-c2cccc(-c3cccc(-c4cnc(CN[C@H]5CCCC5O)c(OC)n4)c3Cl)c2Cl)ccc1CNC[C@@H]1CNC(=O)C1. The maximum atomic E-state index is 11.5. The Bertz CT molecular complexity index is 1760. The summed E-state index contributed by atoms with van der Waals surface area (Å²) in [7, 11) is 3.16. The first-order chi connectivity index (χ1) is 22.9. The van der Waals surface area contributed by atoms with Gasteiger partial charge in [-0.15, -0.1) is 0 Å². The van der Waals surface area contributed by atoms with Crippen molar-refractivity contribution in [1.29, 1.82) is 0 Å². The molecule has 2 aromatic heterocycles. The number of amides is 1. The predicted octanol–water partition coefficient (Wildman–Crippen LogP) is 5.43. The van der Waals surface area contributed by atoms with Gasteiger partial charge < -0.3 is 30.5 Å². The number of ether oxygens (including phenoxy) is 2. The van der Waals surface area contributed by atoms with Crippen LogP contribution >= 0.6 is 23.2 Å². The number of halogens is 2. The van der Waals surface area contributed by atoms with E-state index >= 15 is 0 Å². The Morgan fingerprint density at radius 2 is 1.57 bits per heavy atom. The van der Waals surface area contributed by atoms with Gasteiger partial charge in [-0.25, -0.2) is 9.97 Å². The highest BCUT2D eigenvalue weighted by molar-refractivity contribution is 6.39. The molecule has 3 heterocycles. The highest BCUT2D eigenvalue weighted by Crippen LogP contribution is 2.42. The molecule has 10 nitrogen and oxygen atoms in total. The second-order valence-corrected chi connectivity index (χ2v) is 12.7. The van der Waals surface area contributed by atoms with Crippen molar-refractivity contribution in [3.8, 4) is 45.4 Å². The monoisotopic (exact) mass is 676 g/mol. The van der Waals surface area contributed by atoms with E-state index in [-0.39, 0.29) is 24.0 Å². The van der Waals surface area contributed by atoms with Crippen LogP contribution in [0.3, 0.4) is 0 Å². The third kappa shape index (κ3) is 7.37. The summed E-state index contributed by atoms with van der Waals surface area (Å²) in [6.07, 6.45) is 4.61. The molecule has 4 aromatic rings. The first-order valence-electron chi connectivity index (χ1n) is 15.8. The lowest BCUT2D eigenvalue weighted by atomic mass is 9.98. The molecule has 2 aliphatic rings. The van der Waals surface area contributed by atoms with E-state index in [1.165, 1.54) is 0 Å². The Labute approximate surface area is 284 Å². The Morgan fingerprint density at radius 1 is 0.894 bits per heavy atom. The third-order valence-corrected chi connectivity index (χ3v) is 9.61. The van der Waals surface area contributed by atoms with Crippen LogP contribution < -0.4 is 25.4 Å². The minimum absolute atomic E-state index is 0.0392. The molecule has 0 bridgehead atoms. The molecule has 12 heteroatoms. The molecule has 0 spiro atoms. The molecule has 3 atom stereocenters. The summed E-state index contributed by atoms with van der Waals surface area (Å²) in [5.74, 6) is 1.28. The molecule has 1 aliphatic heterocycles. The van der Waals surface area contributed by atoms with Crippen molar-refractivity contribution >= 4 is 29.1 Å². The molecule has 246 valence electrons. The van der Waals surface area contributed by atoms with E-state index in [4.69, 9.17) is 42.6 Å². The van der Waals surface area contributed by atoms with Crippen LogP contribution in [0.15, 0.2) is 54.7 Å². The molecule has 1 saturated carbocycles. The molecule has 2 fully saturated rings. The van der Waals surface area contributed by atoms with Crippen LogP contribution in [0.25, 0.3) is 33.6 Å². The van der Waals surface area contributed by atoms with E-state index in [1.807, 2.05) is 48.5 Å². The van der Waals surface area contributed by atoms with Crippen molar-refractivity contribution in [2.75, 3.05) is 27.3 Å². The number of nitrogens with one attached hydrogen (secondary N) is 3. The number of methoxy groups -OCH3 is 2. The Morgan fingerprint density at radius 3 is 2.21 bits per heavy atom. The Balaban J connectivity index is 1.23. The molecule has 1 aliphatic carbocycles. The first kappa shape index (κ1) is 33.1. The second kappa shape index (κ2) is 15.0. The van der Waals surface area contributed by atoms with Gasteiger partial charge in [0.05, 0.1) is 48.0 Å². The summed E-state index contributed by atoms with van der Waals surface area (Å²) in [6.45, 7) is 2.42. The van der Waals surface area contributed by atoms with Crippen LogP contribution in [0.4, 0.5) is 0 Å². The smallest absolute Gasteiger partial charge is 0.237 e. The van der Waals surface area contributed by atoms with Gasteiger partial charge in [-0.2, -0.15) is 0 Å². The molecule has 1 unspecified atom stereocenters. The summed E-state index contributed by atoms with van der Waals surface area (Å²) in [5, 5.41) is 20.8. The number of hydrogen-bond donors (Lipinski definition) is 4. The zero-order valence-electron chi connectivity index (χ0n) is 26.4. The number of pyridine rings is 1. The van der Waals surface area contributed by atoms with Gasteiger partial charge in [-0.05, 0) is 31.2 Å². The van der Waals surface area contributed by atoms with Gasteiger partial charge in [0.2, 0.25) is 17.7 Å². The fraction of sp³-hybridized carbons (Fsp3) is 0.371. The number of aliphatic hydroxyl groups excluding tert-OH is 1. The maximum Gasteiger partial charge on any atom is 0.237 e. The van der Waals surface area contributed by atoms with E-state index in [0.717, 1.165) is 48.1 Å². The van der Waals surface area contributed by atoms with Crippen molar-refractivity contribution < 1.29 is 19.4 Å². The zero-order valence-corrected chi connectivity index (χ0v) is 27.9. The molecule has 2 aromatic carbocycles. The minimum atomic E-state index is -0.349. The van der Waals surface area contributed by atoms with Crippen molar-refractivity contribution in [2.24, 2.45) is 5.92 Å². The fourth-order valence-corrected chi connectivity index (χ4v) is 6.89. The molecular formula is C35H38Cl2N6O4. The second-order valence-electron chi connectivity index (χ2n) is 11.9. The lowest BCUT2D eigenvalue weighted by Crippen LogP contribution is -2.35. The van der Waals surface area contributed by atoms with Crippen LogP contribution in [0.5, 0.6) is 11.8 Å². The molecule has 6 rings (SSSR count). The van der Waals surface area contributed by atoms with Crippen LogP contribution in [0, 0.1) is 5.92 Å². The van der Waals surface area contributed by atoms with Crippen LogP contribution in [0.1, 0.15) is 36.9 Å².